The van der Waals surface area contributed by atoms with Gasteiger partial charge in [-0.3, -0.25) is 0 Å². The molecule has 0 bridgehead atoms. The Morgan fingerprint density at radius 1 is 0.343 bits per heavy atom. The Labute approximate surface area is 390 Å². The minimum Gasteiger partial charge on any atom is -0.208 e. The maximum Gasteiger partial charge on any atom is 0.164 e. The molecule has 3 heteroatoms. The highest BCUT2D eigenvalue weighted by Gasteiger charge is 2.46. The first kappa shape index (κ1) is 38.9. The summed E-state index contributed by atoms with van der Waals surface area (Å²) < 4.78 is 0. The predicted octanol–water partition coefficient (Wildman–Crippen LogP) is 15.8. The van der Waals surface area contributed by atoms with Crippen molar-refractivity contribution in [2.75, 3.05) is 0 Å². The van der Waals surface area contributed by atoms with Crippen molar-refractivity contribution in [1.82, 2.24) is 15.0 Å². The van der Waals surface area contributed by atoms with E-state index in [1.54, 1.807) is 0 Å². The van der Waals surface area contributed by atoms with Gasteiger partial charge in [-0.05, 0) is 119 Å². The topological polar surface area (TPSA) is 38.7 Å². The highest BCUT2D eigenvalue weighted by molar-refractivity contribution is 6.19. The van der Waals surface area contributed by atoms with Crippen LogP contribution in [-0.2, 0) is 11.8 Å². The first-order valence-electron chi connectivity index (χ1n) is 23.2. The van der Waals surface area contributed by atoms with Gasteiger partial charge in [0, 0.05) is 16.7 Å². The fourth-order valence-electron chi connectivity index (χ4n) is 11.1. The van der Waals surface area contributed by atoms with E-state index in [4.69, 9.17) is 15.0 Å². The van der Waals surface area contributed by atoms with Crippen molar-refractivity contribution in [3.63, 3.8) is 0 Å². The smallest absolute Gasteiger partial charge is 0.164 e. The monoisotopic (exact) mass is 853 g/mol. The fraction of sp³-hybridized carbons (Fsp3) is 0.0469. The van der Waals surface area contributed by atoms with E-state index >= 15 is 0 Å². The second-order valence-corrected chi connectivity index (χ2v) is 17.7. The zero-order chi connectivity index (χ0) is 44.3. The molecule has 0 N–H and O–H groups in total. The third-order valence-corrected chi connectivity index (χ3v) is 14.1. The summed E-state index contributed by atoms with van der Waals surface area (Å²) in [5, 5.41) is 5.11. The van der Waals surface area contributed by atoms with Gasteiger partial charge < -0.3 is 0 Å². The Morgan fingerprint density at radius 3 is 1.58 bits per heavy atom. The predicted molar refractivity (Wildman–Crippen MR) is 277 cm³/mol. The van der Waals surface area contributed by atoms with E-state index in [0.717, 1.165) is 35.1 Å². The lowest BCUT2D eigenvalue weighted by Gasteiger charge is -2.34. The molecule has 10 aromatic carbocycles. The van der Waals surface area contributed by atoms with E-state index in [2.05, 4.69) is 200 Å². The quantitative estimate of drug-likeness (QED) is 0.150. The van der Waals surface area contributed by atoms with Crippen LogP contribution in [0.25, 0.3) is 95.2 Å². The Balaban J connectivity index is 0.984. The van der Waals surface area contributed by atoms with Crippen LogP contribution < -0.4 is 0 Å². The van der Waals surface area contributed by atoms with Gasteiger partial charge in [0.05, 0.1) is 5.41 Å². The van der Waals surface area contributed by atoms with Gasteiger partial charge in [-0.15, -0.1) is 0 Å². The van der Waals surface area contributed by atoms with Crippen LogP contribution in [0, 0.1) is 0 Å². The summed E-state index contributed by atoms with van der Waals surface area (Å²) in [5.74, 6) is 1.95. The van der Waals surface area contributed by atoms with Crippen molar-refractivity contribution < 1.29 is 0 Å². The molecule has 11 aromatic rings. The molecule has 2 aliphatic rings. The molecule has 0 aliphatic heterocycles. The summed E-state index contributed by atoms with van der Waals surface area (Å²) in [4.78, 5) is 15.1. The molecule has 0 atom stereocenters. The Morgan fingerprint density at radius 2 is 0.881 bits per heavy atom. The molecule has 67 heavy (non-hydrogen) atoms. The molecule has 0 saturated carbocycles. The highest BCUT2D eigenvalue weighted by Crippen LogP contribution is 2.57. The summed E-state index contributed by atoms with van der Waals surface area (Å²) in [7, 11) is 0. The lowest BCUT2D eigenvalue weighted by atomic mass is 9.67. The number of allylic oxidation sites excluding steroid dienone is 1. The van der Waals surface area contributed by atoms with Gasteiger partial charge in [-0.1, -0.05) is 218 Å². The maximum absolute atomic E-state index is 5.09. The summed E-state index contributed by atoms with van der Waals surface area (Å²) in [5.41, 5.74) is 17.6. The third-order valence-electron chi connectivity index (χ3n) is 14.1. The van der Waals surface area contributed by atoms with Crippen LogP contribution >= 0.6 is 0 Å². The zero-order valence-electron chi connectivity index (χ0n) is 36.8. The van der Waals surface area contributed by atoms with E-state index < -0.39 is 5.41 Å². The number of nitrogens with zero attached hydrogens (tertiary/aromatic N) is 3. The van der Waals surface area contributed by atoms with E-state index in [-0.39, 0.29) is 0 Å². The molecule has 0 saturated heterocycles. The normalized spacial score (nSPS) is 13.3. The second kappa shape index (κ2) is 15.9. The van der Waals surface area contributed by atoms with Crippen molar-refractivity contribution in [2.24, 2.45) is 0 Å². The Hall–Kier alpha value is -8.53. The summed E-state index contributed by atoms with van der Waals surface area (Å²) in [6.07, 6.45) is 6.72. The Kier molecular flexibility index (Phi) is 9.21. The van der Waals surface area contributed by atoms with E-state index in [9.17, 15) is 0 Å². The van der Waals surface area contributed by atoms with Gasteiger partial charge in [0.25, 0.3) is 0 Å². The number of hydrogen-bond acceptors (Lipinski definition) is 3. The van der Waals surface area contributed by atoms with Crippen LogP contribution in [0.2, 0.25) is 0 Å². The molecule has 1 aromatic heterocycles. The van der Waals surface area contributed by atoms with Crippen LogP contribution in [-0.4, -0.2) is 15.0 Å². The van der Waals surface area contributed by atoms with Crippen molar-refractivity contribution in [1.29, 1.82) is 0 Å². The van der Waals surface area contributed by atoms with Crippen LogP contribution in [0.4, 0.5) is 0 Å². The first-order valence-corrected chi connectivity index (χ1v) is 23.2. The van der Waals surface area contributed by atoms with E-state index in [1.807, 2.05) is 36.4 Å². The molecule has 0 fully saturated rings. The van der Waals surface area contributed by atoms with Gasteiger partial charge in [0.1, 0.15) is 0 Å². The van der Waals surface area contributed by atoms with Crippen LogP contribution in [0.1, 0.15) is 39.8 Å². The lowest BCUT2D eigenvalue weighted by molar-refractivity contribution is 0.769. The largest absolute Gasteiger partial charge is 0.208 e. The van der Waals surface area contributed by atoms with Gasteiger partial charge in [0.2, 0.25) is 0 Å². The molecule has 13 rings (SSSR count). The number of benzene rings is 10. The molecule has 0 spiro atoms. The molecule has 3 nitrogen and oxygen atoms in total. The molecule has 1 heterocycles. The van der Waals surface area contributed by atoms with E-state index in [1.165, 1.54) is 82.7 Å². The summed E-state index contributed by atoms with van der Waals surface area (Å²) >= 11 is 0. The molecular formula is C64H43N3. The van der Waals surface area contributed by atoms with Crippen molar-refractivity contribution in [3.05, 3.63) is 264 Å². The average Bonchev–Trinajstić information content (AvgIpc) is 3.72. The van der Waals surface area contributed by atoms with Crippen LogP contribution in [0.5, 0.6) is 0 Å². The average molecular weight is 854 g/mol. The SMILES string of the molecule is C1=Cc2c(c3cc(-c4ccc5c(c4)C(c4ccccc4)(c4ccccc4)c4ccccc4-5)ccc3c3c(-c4cccc(-c5nc(-c6ccccc6)nc(-c6ccccc6)n5)c4)cccc23)CC1. The highest BCUT2D eigenvalue weighted by atomic mass is 15.0. The number of aryl methyl sites for hydroxylation is 1. The third kappa shape index (κ3) is 6.30. The number of hydrogen-bond donors (Lipinski definition) is 0. The Bertz CT molecular complexity index is 3630. The number of rotatable bonds is 7. The van der Waals surface area contributed by atoms with E-state index in [0.29, 0.717) is 17.5 Å². The van der Waals surface area contributed by atoms with Crippen LogP contribution in [0.3, 0.4) is 0 Å². The summed E-state index contributed by atoms with van der Waals surface area (Å²) in [6.45, 7) is 0. The molecule has 0 unspecified atom stereocenters. The standard InChI is InChI=1S/C64H43N3/c1-5-19-42(20-6-1)61-65-62(43-21-7-2-8-22-43)67-63(66-61)47-24-17-23-46(39-47)50-32-18-33-55-51-29-13-14-30-52(51)57-40-44(36-38-56(57)60(50)55)45-35-37-54-53-31-15-16-34-58(53)64(59(54)41-45,48-25-9-3-10-26-48)49-27-11-4-12-28-49/h1-13,15-29,31-41H,14,30H2. The van der Waals surface area contributed by atoms with Crippen molar-refractivity contribution in [3.8, 4) is 67.5 Å². The summed E-state index contributed by atoms with van der Waals surface area (Å²) in [6, 6.07) is 81.4. The van der Waals surface area contributed by atoms with Gasteiger partial charge in [-0.25, -0.2) is 15.0 Å². The van der Waals surface area contributed by atoms with Gasteiger partial charge >= 0.3 is 0 Å². The van der Waals surface area contributed by atoms with Crippen LogP contribution in [0.15, 0.2) is 231 Å². The molecule has 314 valence electrons. The van der Waals surface area contributed by atoms with Crippen molar-refractivity contribution in [2.45, 2.75) is 18.3 Å². The maximum atomic E-state index is 5.09. The first-order chi connectivity index (χ1) is 33.2. The minimum absolute atomic E-state index is 0.460. The molecule has 2 aliphatic carbocycles. The fourth-order valence-corrected chi connectivity index (χ4v) is 11.1. The van der Waals surface area contributed by atoms with Gasteiger partial charge in [0.15, 0.2) is 17.5 Å². The molecule has 0 radical (unpaired) electrons. The number of aromatic nitrogens is 3. The second-order valence-electron chi connectivity index (χ2n) is 17.7. The van der Waals surface area contributed by atoms with Gasteiger partial charge in [-0.2, -0.15) is 0 Å². The minimum atomic E-state index is -0.460. The zero-order valence-corrected chi connectivity index (χ0v) is 36.8. The lowest BCUT2D eigenvalue weighted by Crippen LogP contribution is -2.28. The molecule has 0 amide bonds. The number of fused-ring (bicyclic) bond motifs is 9. The molecular weight excluding hydrogens is 811 g/mol. The van der Waals surface area contributed by atoms with Crippen molar-refractivity contribution >= 4 is 27.6 Å².